The van der Waals surface area contributed by atoms with Crippen molar-refractivity contribution in [3.05, 3.63) is 62.4 Å². The first-order chi connectivity index (χ1) is 16.0. The second kappa shape index (κ2) is 9.40. The van der Waals surface area contributed by atoms with Crippen molar-refractivity contribution in [1.29, 1.82) is 0 Å². The van der Waals surface area contributed by atoms with Gasteiger partial charge in [0.15, 0.2) is 0 Å². The molecule has 182 valence electrons. The molecule has 1 saturated heterocycles. The van der Waals surface area contributed by atoms with Crippen molar-refractivity contribution in [2.24, 2.45) is 13.0 Å². The van der Waals surface area contributed by atoms with E-state index in [2.05, 4.69) is 4.98 Å². The second-order valence-electron chi connectivity index (χ2n) is 8.67. The SMILES string of the molecule is COCCC1CN(C(=O)c2ccc(Cl)c(Cc3nc4c(C)cc(C(F)(F)F)cc4n3C)c2Cl)C1. The van der Waals surface area contributed by atoms with Gasteiger partial charge in [-0.15, -0.1) is 0 Å². The molecule has 0 radical (unpaired) electrons. The summed E-state index contributed by atoms with van der Waals surface area (Å²) < 4.78 is 46.6. The van der Waals surface area contributed by atoms with Gasteiger partial charge in [0.05, 0.1) is 27.2 Å². The number of aromatic nitrogens is 2. The van der Waals surface area contributed by atoms with E-state index in [9.17, 15) is 18.0 Å². The predicted octanol–water partition coefficient (Wildman–Crippen LogP) is 5.91. The number of halogens is 5. The zero-order valence-electron chi connectivity index (χ0n) is 19.0. The Balaban J connectivity index is 1.63. The number of fused-ring (bicyclic) bond motifs is 1. The predicted molar refractivity (Wildman–Crippen MR) is 126 cm³/mol. The third kappa shape index (κ3) is 4.63. The number of alkyl halides is 3. The Kier molecular flexibility index (Phi) is 6.86. The zero-order chi connectivity index (χ0) is 24.8. The third-order valence-electron chi connectivity index (χ3n) is 6.32. The maximum atomic E-state index is 13.3. The monoisotopic (exact) mass is 513 g/mol. The summed E-state index contributed by atoms with van der Waals surface area (Å²) in [6.45, 7) is 3.53. The molecule has 1 aromatic heterocycles. The highest BCUT2D eigenvalue weighted by molar-refractivity contribution is 6.38. The van der Waals surface area contributed by atoms with Crippen LogP contribution in [0.5, 0.6) is 0 Å². The van der Waals surface area contributed by atoms with E-state index in [0.717, 1.165) is 18.6 Å². The van der Waals surface area contributed by atoms with Crippen molar-refractivity contribution in [2.45, 2.75) is 25.9 Å². The van der Waals surface area contributed by atoms with Crippen LogP contribution in [0.1, 0.15) is 39.3 Å². The molecular weight excluding hydrogens is 490 g/mol. The maximum Gasteiger partial charge on any atom is 0.416 e. The molecule has 0 spiro atoms. The molecular formula is C24H24Cl2F3N3O2. The fourth-order valence-corrected chi connectivity index (χ4v) is 4.87. The first-order valence-corrected chi connectivity index (χ1v) is 11.5. The number of carbonyl (C=O) groups excluding carboxylic acids is 1. The molecule has 0 unspecified atom stereocenters. The van der Waals surface area contributed by atoms with Crippen molar-refractivity contribution in [2.75, 3.05) is 26.8 Å². The Bertz CT molecular complexity index is 1250. The Morgan fingerprint density at radius 1 is 1.24 bits per heavy atom. The van der Waals surface area contributed by atoms with Crippen molar-refractivity contribution in [1.82, 2.24) is 14.5 Å². The number of methoxy groups -OCH3 is 1. The Labute approximate surface area is 205 Å². The Morgan fingerprint density at radius 3 is 2.59 bits per heavy atom. The van der Waals surface area contributed by atoms with E-state index in [4.69, 9.17) is 27.9 Å². The molecule has 10 heteroatoms. The number of hydrogen-bond donors (Lipinski definition) is 0. The standard InChI is InChI=1S/C24H24Cl2F3N3O2/c1-13-8-15(24(27,28)29)9-19-22(13)30-20(31(19)2)10-17-18(25)5-4-16(21(17)26)23(33)32-11-14(12-32)6-7-34-3/h4-5,8-9,14H,6-7,10-12H2,1-3H3. The molecule has 5 nitrogen and oxygen atoms in total. The van der Waals surface area contributed by atoms with Gasteiger partial charge in [0.25, 0.3) is 5.91 Å². The van der Waals surface area contributed by atoms with E-state index in [1.807, 2.05) is 0 Å². The van der Waals surface area contributed by atoms with Crippen LogP contribution in [0.15, 0.2) is 24.3 Å². The van der Waals surface area contributed by atoms with Gasteiger partial charge >= 0.3 is 6.18 Å². The third-order valence-corrected chi connectivity index (χ3v) is 7.11. The van der Waals surface area contributed by atoms with Crippen LogP contribution < -0.4 is 0 Å². The van der Waals surface area contributed by atoms with Gasteiger partial charge in [0.2, 0.25) is 0 Å². The number of likely N-dealkylation sites (tertiary alicyclic amines) is 1. The molecule has 3 aromatic rings. The lowest BCUT2D eigenvalue weighted by molar-refractivity contribution is -0.137. The number of benzene rings is 2. The van der Waals surface area contributed by atoms with Gasteiger partial charge < -0.3 is 14.2 Å². The highest BCUT2D eigenvalue weighted by Gasteiger charge is 2.33. The molecule has 0 N–H and O–H groups in total. The normalized spacial score (nSPS) is 14.6. The first kappa shape index (κ1) is 24.8. The number of imidazole rings is 1. The van der Waals surface area contributed by atoms with E-state index >= 15 is 0 Å². The molecule has 1 amide bonds. The lowest BCUT2D eigenvalue weighted by Gasteiger charge is -2.39. The minimum Gasteiger partial charge on any atom is -0.385 e. The summed E-state index contributed by atoms with van der Waals surface area (Å²) in [5, 5.41) is 0.598. The van der Waals surface area contributed by atoms with Crippen LogP contribution in [0, 0.1) is 12.8 Å². The van der Waals surface area contributed by atoms with E-state index in [1.165, 1.54) is 0 Å². The minimum absolute atomic E-state index is 0.168. The fourth-order valence-electron chi connectivity index (χ4n) is 4.28. The quantitative estimate of drug-likeness (QED) is 0.411. The number of rotatable bonds is 6. The van der Waals surface area contributed by atoms with Gasteiger partial charge in [0.1, 0.15) is 5.82 Å². The lowest BCUT2D eigenvalue weighted by atomic mass is 9.95. The summed E-state index contributed by atoms with van der Waals surface area (Å²) in [5.41, 5.74) is 1.40. The highest BCUT2D eigenvalue weighted by Crippen LogP contribution is 2.35. The Morgan fingerprint density at radius 2 is 1.94 bits per heavy atom. The summed E-state index contributed by atoms with van der Waals surface area (Å²) in [6, 6.07) is 5.40. The molecule has 34 heavy (non-hydrogen) atoms. The van der Waals surface area contributed by atoms with Crippen molar-refractivity contribution in [3.63, 3.8) is 0 Å². The zero-order valence-corrected chi connectivity index (χ0v) is 20.5. The van der Waals surface area contributed by atoms with E-state index in [0.29, 0.717) is 64.2 Å². The molecule has 0 atom stereocenters. The number of ether oxygens (including phenoxy) is 1. The largest absolute Gasteiger partial charge is 0.416 e. The summed E-state index contributed by atoms with van der Waals surface area (Å²) in [7, 11) is 3.30. The number of amides is 1. The molecule has 0 bridgehead atoms. The summed E-state index contributed by atoms with van der Waals surface area (Å²) >= 11 is 13.1. The molecule has 2 heterocycles. The van der Waals surface area contributed by atoms with Crippen molar-refractivity contribution >= 4 is 40.1 Å². The second-order valence-corrected chi connectivity index (χ2v) is 9.45. The van der Waals surface area contributed by atoms with Gasteiger partial charge in [-0.1, -0.05) is 23.2 Å². The summed E-state index contributed by atoms with van der Waals surface area (Å²) in [6.07, 6.45) is -3.40. The minimum atomic E-state index is -4.45. The van der Waals surface area contributed by atoms with Crippen LogP contribution in [-0.4, -0.2) is 47.2 Å². The summed E-state index contributed by atoms with van der Waals surface area (Å²) in [4.78, 5) is 19.3. The molecule has 1 aliphatic heterocycles. The number of hydrogen-bond acceptors (Lipinski definition) is 3. The molecule has 4 rings (SSSR count). The smallest absolute Gasteiger partial charge is 0.385 e. The summed E-state index contributed by atoms with van der Waals surface area (Å²) in [5.74, 6) is 0.723. The van der Waals surface area contributed by atoms with Gasteiger partial charge in [0, 0.05) is 45.3 Å². The molecule has 0 saturated carbocycles. The molecule has 1 fully saturated rings. The Hall–Kier alpha value is -2.29. The first-order valence-electron chi connectivity index (χ1n) is 10.8. The van der Waals surface area contributed by atoms with E-state index < -0.39 is 11.7 Å². The molecule has 0 aliphatic carbocycles. The van der Waals surface area contributed by atoms with Crippen LogP contribution >= 0.6 is 23.2 Å². The van der Waals surface area contributed by atoms with Gasteiger partial charge in [-0.3, -0.25) is 4.79 Å². The number of aryl methyl sites for hydroxylation is 2. The van der Waals surface area contributed by atoms with Crippen LogP contribution in [0.2, 0.25) is 10.0 Å². The topological polar surface area (TPSA) is 47.4 Å². The molecule has 2 aromatic carbocycles. The lowest BCUT2D eigenvalue weighted by Crippen LogP contribution is -2.50. The highest BCUT2D eigenvalue weighted by atomic mass is 35.5. The maximum absolute atomic E-state index is 13.3. The fraction of sp³-hybridized carbons (Fsp3) is 0.417. The van der Waals surface area contributed by atoms with Crippen molar-refractivity contribution < 1.29 is 22.7 Å². The van der Waals surface area contributed by atoms with E-state index in [-0.39, 0.29) is 17.4 Å². The van der Waals surface area contributed by atoms with Crippen molar-refractivity contribution in [3.8, 4) is 0 Å². The van der Waals surface area contributed by atoms with Crippen LogP contribution in [0.3, 0.4) is 0 Å². The molecule has 1 aliphatic rings. The van der Waals surface area contributed by atoms with Crippen LogP contribution in [-0.2, 0) is 24.4 Å². The number of nitrogens with zero attached hydrogens (tertiary/aromatic N) is 3. The average Bonchev–Trinajstić information content (AvgIpc) is 3.05. The van der Waals surface area contributed by atoms with Gasteiger partial charge in [-0.05, 0) is 54.7 Å². The van der Waals surface area contributed by atoms with E-state index in [1.54, 1.807) is 42.7 Å². The van der Waals surface area contributed by atoms with Gasteiger partial charge in [-0.25, -0.2) is 4.98 Å². The van der Waals surface area contributed by atoms with Crippen LogP contribution in [0.25, 0.3) is 11.0 Å². The van der Waals surface area contributed by atoms with Crippen LogP contribution in [0.4, 0.5) is 13.2 Å². The van der Waals surface area contributed by atoms with Gasteiger partial charge in [-0.2, -0.15) is 13.2 Å². The average molecular weight is 514 g/mol. The number of carbonyl (C=O) groups is 1.